The highest BCUT2D eigenvalue weighted by molar-refractivity contribution is 5.99. The number of nitrogens with zero attached hydrogens (tertiary/aromatic N) is 1. The van der Waals surface area contributed by atoms with Crippen LogP contribution in [-0.4, -0.2) is 42.7 Å². The predicted molar refractivity (Wildman–Crippen MR) is 144 cm³/mol. The topological polar surface area (TPSA) is 77.1 Å². The predicted octanol–water partition coefficient (Wildman–Crippen LogP) is 5.07. The summed E-state index contributed by atoms with van der Waals surface area (Å²) in [5.41, 5.74) is 2.30. The molecule has 5 rings (SSSR count). The summed E-state index contributed by atoms with van der Waals surface area (Å²) in [6.45, 7) is 2.16. The number of benzene rings is 3. The van der Waals surface area contributed by atoms with Crippen LogP contribution >= 0.6 is 0 Å². The molecule has 0 radical (unpaired) electrons. The van der Waals surface area contributed by atoms with Crippen molar-refractivity contribution in [2.75, 3.05) is 13.8 Å². The number of para-hydroxylation sites is 1. The second kappa shape index (κ2) is 11.4. The Kier molecular flexibility index (Phi) is 7.63. The van der Waals surface area contributed by atoms with E-state index >= 15 is 0 Å². The Morgan fingerprint density at radius 1 is 0.868 bits per heavy atom. The molecule has 0 bridgehead atoms. The molecule has 196 valence electrons. The summed E-state index contributed by atoms with van der Waals surface area (Å²) in [4.78, 5) is 29.2. The molecule has 2 heterocycles. The summed E-state index contributed by atoms with van der Waals surface area (Å²) in [7, 11) is 1.68. The van der Waals surface area contributed by atoms with Crippen LogP contribution in [-0.2, 0) is 11.2 Å². The average Bonchev–Trinajstić information content (AvgIpc) is 3.41. The van der Waals surface area contributed by atoms with Gasteiger partial charge in [0.1, 0.15) is 11.8 Å². The van der Waals surface area contributed by atoms with Gasteiger partial charge in [0.15, 0.2) is 11.5 Å². The summed E-state index contributed by atoms with van der Waals surface area (Å²) in [6.07, 6.45) is 5.60. The van der Waals surface area contributed by atoms with Gasteiger partial charge in [0.25, 0.3) is 5.91 Å². The monoisotopic (exact) mass is 512 g/mol. The average molecular weight is 513 g/mol. The van der Waals surface area contributed by atoms with Crippen molar-refractivity contribution in [2.24, 2.45) is 0 Å². The largest absolute Gasteiger partial charge is 0.490 e. The smallest absolute Gasteiger partial charge is 0.258 e. The van der Waals surface area contributed by atoms with Gasteiger partial charge in [0, 0.05) is 19.9 Å². The van der Waals surface area contributed by atoms with Crippen LogP contribution in [0.1, 0.15) is 47.3 Å². The molecule has 2 aliphatic rings. The van der Waals surface area contributed by atoms with Crippen molar-refractivity contribution < 1.29 is 23.8 Å². The van der Waals surface area contributed by atoms with Gasteiger partial charge in [-0.05, 0) is 48.7 Å². The van der Waals surface area contributed by atoms with Crippen LogP contribution in [0.15, 0.2) is 84.9 Å². The summed E-state index contributed by atoms with van der Waals surface area (Å²) >= 11 is 0. The van der Waals surface area contributed by atoms with Crippen molar-refractivity contribution in [3.63, 3.8) is 0 Å². The molecule has 38 heavy (non-hydrogen) atoms. The van der Waals surface area contributed by atoms with E-state index in [0.29, 0.717) is 42.1 Å². The molecule has 0 fully saturated rings. The van der Waals surface area contributed by atoms with Crippen LogP contribution in [0.3, 0.4) is 0 Å². The van der Waals surface area contributed by atoms with E-state index in [1.54, 1.807) is 19.2 Å². The van der Waals surface area contributed by atoms with Gasteiger partial charge in [-0.2, -0.15) is 0 Å². The second-order valence-electron chi connectivity index (χ2n) is 9.66. The van der Waals surface area contributed by atoms with E-state index in [4.69, 9.17) is 14.2 Å². The first-order valence-electron chi connectivity index (χ1n) is 12.9. The minimum Gasteiger partial charge on any atom is -0.490 e. The van der Waals surface area contributed by atoms with Gasteiger partial charge in [-0.15, -0.1) is 0 Å². The molecule has 3 aromatic rings. The fourth-order valence-corrected chi connectivity index (χ4v) is 4.78. The molecule has 2 aliphatic heterocycles. The highest BCUT2D eigenvalue weighted by Crippen LogP contribution is 2.35. The third-order valence-corrected chi connectivity index (χ3v) is 6.93. The molecule has 1 N–H and O–H groups in total. The van der Waals surface area contributed by atoms with E-state index in [1.165, 1.54) is 4.90 Å². The number of carbonyl (C=O) groups is 2. The molecule has 0 spiro atoms. The molecular weight excluding hydrogens is 480 g/mol. The van der Waals surface area contributed by atoms with Crippen molar-refractivity contribution in [1.29, 1.82) is 0 Å². The highest BCUT2D eigenvalue weighted by atomic mass is 16.7. The van der Waals surface area contributed by atoms with E-state index in [9.17, 15) is 9.59 Å². The maximum atomic E-state index is 13.9. The first kappa shape index (κ1) is 25.4. The Morgan fingerprint density at radius 3 is 2.45 bits per heavy atom. The number of hydrogen-bond donors (Lipinski definition) is 1. The van der Waals surface area contributed by atoms with Crippen LogP contribution in [0.4, 0.5) is 0 Å². The third kappa shape index (κ3) is 5.67. The lowest BCUT2D eigenvalue weighted by Gasteiger charge is -2.30. The minimum atomic E-state index is -0.737. The van der Waals surface area contributed by atoms with Gasteiger partial charge >= 0.3 is 0 Å². The number of fused-ring (bicyclic) bond motifs is 2. The van der Waals surface area contributed by atoms with E-state index < -0.39 is 6.04 Å². The van der Waals surface area contributed by atoms with Crippen LogP contribution in [0.25, 0.3) is 0 Å². The molecule has 0 aromatic heterocycles. The van der Waals surface area contributed by atoms with Gasteiger partial charge in [-0.3, -0.25) is 9.59 Å². The molecule has 0 saturated heterocycles. The van der Waals surface area contributed by atoms with Gasteiger partial charge in [0.2, 0.25) is 12.7 Å². The number of ether oxygens (including phenoxy) is 3. The number of amides is 2. The lowest BCUT2D eigenvalue weighted by atomic mass is 9.99. The molecule has 0 aliphatic carbocycles. The van der Waals surface area contributed by atoms with Crippen molar-refractivity contribution >= 4 is 11.8 Å². The second-order valence-corrected chi connectivity index (χ2v) is 9.66. The van der Waals surface area contributed by atoms with E-state index in [0.717, 1.165) is 11.1 Å². The lowest BCUT2D eigenvalue weighted by molar-refractivity contribution is -0.126. The quantitative estimate of drug-likeness (QED) is 0.496. The molecule has 7 heteroatoms. The lowest BCUT2D eigenvalue weighted by Crippen LogP contribution is -2.49. The Labute approximate surface area is 223 Å². The zero-order chi connectivity index (χ0) is 26.5. The van der Waals surface area contributed by atoms with E-state index in [1.807, 2.05) is 67.6 Å². The molecular formula is C31H32N2O5. The van der Waals surface area contributed by atoms with Crippen LogP contribution in [0.5, 0.6) is 17.2 Å². The van der Waals surface area contributed by atoms with Gasteiger partial charge in [-0.25, -0.2) is 0 Å². The first-order chi connectivity index (χ1) is 18.5. The highest BCUT2D eigenvalue weighted by Gasteiger charge is 2.31. The molecule has 2 amide bonds. The summed E-state index contributed by atoms with van der Waals surface area (Å²) in [6, 6.07) is 21.6. The number of likely N-dealkylation sites (N-methyl/N-ethyl adjacent to an activating group) is 1. The number of carbonyl (C=O) groups excluding carboxylic acids is 2. The zero-order valence-corrected chi connectivity index (χ0v) is 21.6. The number of hydrogen-bond acceptors (Lipinski definition) is 5. The fraction of sp³-hybridized carbons (Fsp3) is 0.290. The Balaban J connectivity index is 1.51. The Morgan fingerprint density at radius 2 is 1.61 bits per heavy atom. The summed E-state index contributed by atoms with van der Waals surface area (Å²) < 4.78 is 17.2. The van der Waals surface area contributed by atoms with Crippen molar-refractivity contribution in [2.45, 2.75) is 44.4 Å². The zero-order valence-electron chi connectivity index (χ0n) is 21.6. The SMILES string of the molecule is C[C@@H]1C/C=C\C[C@H](c2ccc3c(c2)OCO3)NC(=O)[C@H](Cc2ccccc2)N(C)C(=O)c2ccccc2O1. The van der Waals surface area contributed by atoms with Crippen molar-refractivity contribution in [1.82, 2.24) is 10.2 Å². The summed E-state index contributed by atoms with van der Waals surface area (Å²) in [5, 5.41) is 3.22. The standard InChI is InChI=1S/C31H32N2O5/c1-21-10-6-8-14-25(23-16-17-28-29(19-23)37-20-36-28)32-30(34)26(18-22-11-4-3-5-12-22)33(2)31(35)24-13-7-9-15-27(24)38-21/h3-9,11-13,15-17,19,21,25-26H,10,14,18,20H2,1-2H3,(H,32,34)/b8-6-/t21-,25-,26+/m1/s1. The Bertz CT molecular complexity index is 1320. The molecule has 0 saturated carbocycles. The number of rotatable bonds is 3. The molecule has 3 atom stereocenters. The first-order valence-corrected chi connectivity index (χ1v) is 12.9. The molecule has 7 nitrogen and oxygen atoms in total. The van der Waals surface area contributed by atoms with Gasteiger partial charge < -0.3 is 24.4 Å². The van der Waals surface area contributed by atoms with Crippen LogP contribution in [0.2, 0.25) is 0 Å². The van der Waals surface area contributed by atoms with Gasteiger partial charge in [-0.1, -0.05) is 60.7 Å². The third-order valence-electron chi connectivity index (χ3n) is 6.93. The molecule has 0 unspecified atom stereocenters. The summed E-state index contributed by atoms with van der Waals surface area (Å²) in [5.74, 6) is 1.36. The Hall–Kier alpha value is -4.26. The van der Waals surface area contributed by atoms with E-state index in [-0.39, 0.29) is 30.8 Å². The van der Waals surface area contributed by atoms with Crippen molar-refractivity contribution in [3.05, 3.63) is 102 Å². The fourth-order valence-electron chi connectivity index (χ4n) is 4.78. The van der Waals surface area contributed by atoms with Gasteiger partial charge in [0.05, 0.1) is 17.7 Å². The number of nitrogens with one attached hydrogen (secondary N) is 1. The molecule has 3 aromatic carbocycles. The van der Waals surface area contributed by atoms with Crippen LogP contribution in [0, 0.1) is 0 Å². The van der Waals surface area contributed by atoms with Crippen molar-refractivity contribution in [3.8, 4) is 17.2 Å². The van der Waals surface area contributed by atoms with E-state index in [2.05, 4.69) is 17.5 Å². The van der Waals surface area contributed by atoms with Crippen LogP contribution < -0.4 is 19.5 Å². The maximum absolute atomic E-state index is 13.9. The maximum Gasteiger partial charge on any atom is 0.258 e. The minimum absolute atomic E-state index is 0.132. The normalized spacial score (nSPS) is 22.6.